The number of carbonyl (C=O) groups is 1. The van der Waals surface area contributed by atoms with Crippen molar-refractivity contribution in [3.8, 4) is 11.5 Å². The normalized spacial score (nSPS) is 16.9. The number of fused-ring (bicyclic) bond motifs is 1. The molecule has 0 fully saturated rings. The second-order valence-corrected chi connectivity index (χ2v) is 5.31. The lowest BCUT2D eigenvalue weighted by molar-refractivity contribution is -0.145. The molecule has 3 heteroatoms. The van der Waals surface area contributed by atoms with Crippen molar-refractivity contribution < 1.29 is 14.3 Å². The van der Waals surface area contributed by atoms with Crippen LogP contribution in [-0.2, 0) is 22.4 Å². The van der Waals surface area contributed by atoms with Crippen LogP contribution in [0.3, 0.4) is 0 Å². The molecular weight excluding hydrogens is 264 g/mol. The second-order valence-electron chi connectivity index (χ2n) is 5.31. The number of methoxy groups -OCH3 is 1. The van der Waals surface area contributed by atoms with E-state index < -0.39 is 0 Å². The maximum Gasteiger partial charge on any atom is 0.309 e. The summed E-state index contributed by atoms with van der Waals surface area (Å²) in [7, 11) is 1.45. The molecule has 1 aliphatic carbocycles. The molecule has 0 bridgehead atoms. The first-order chi connectivity index (χ1) is 10.3. The van der Waals surface area contributed by atoms with Gasteiger partial charge in [0.2, 0.25) is 0 Å². The summed E-state index contributed by atoms with van der Waals surface area (Å²) < 4.78 is 10.7. The zero-order valence-corrected chi connectivity index (χ0v) is 12.0. The van der Waals surface area contributed by atoms with Gasteiger partial charge in [0.25, 0.3) is 0 Å². The molecule has 0 amide bonds. The number of hydrogen-bond acceptors (Lipinski definition) is 3. The van der Waals surface area contributed by atoms with Gasteiger partial charge in [0.15, 0.2) is 0 Å². The third-order valence-corrected chi connectivity index (χ3v) is 3.92. The lowest BCUT2D eigenvalue weighted by atomic mass is 9.84. The molecule has 21 heavy (non-hydrogen) atoms. The molecule has 2 aromatic carbocycles. The van der Waals surface area contributed by atoms with Gasteiger partial charge in [-0.3, -0.25) is 4.79 Å². The summed E-state index contributed by atoms with van der Waals surface area (Å²) in [4.78, 5) is 11.6. The fourth-order valence-electron chi connectivity index (χ4n) is 2.79. The molecule has 0 aliphatic heterocycles. The van der Waals surface area contributed by atoms with E-state index in [0.29, 0.717) is 0 Å². The number of rotatable bonds is 3. The van der Waals surface area contributed by atoms with Crippen molar-refractivity contribution in [3.63, 3.8) is 0 Å². The lowest BCUT2D eigenvalue weighted by Crippen LogP contribution is -2.23. The minimum Gasteiger partial charge on any atom is -0.469 e. The van der Waals surface area contributed by atoms with Crippen LogP contribution in [0, 0.1) is 5.92 Å². The van der Waals surface area contributed by atoms with Crippen LogP contribution in [0.2, 0.25) is 0 Å². The zero-order chi connectivity index (χ0) is 14.7. The molecule has 0 radical (unpaired) electrons. The summed E-state index contributed by atoms with van der Waals surface area (Å²) in [5.41, 5.74) is 2.49. The third kappa shape index (κ3) is 3.07. The van der Waals surface area contributed by atoms with Crippen LogP contribution in [0.5, 0.6) is 11.5 Å². The number of ether oxygens (including phenoxy) is 2. The average Bonchev–Trinajstić information content (AvgIpc) is 2.54. The number of benzene rings is 2. The molecule has 0 heterocycles. The van der Waals surface area contributed by atoms with Crippen LogP contribution >= 0.6 is 0 Å². The number of carbonyl (C=O) groups excluding carboxylic acids is 1. The van der Waals surface area contributed by atoms with Crippen molar-refractivity contribution in [3.05, 3.63) is 59.7 Å². The van der Waals surface area contributed by atoms with Gasteiger partial charge in [-0.1, -0.05) is 24.3 Å². The fraction of sp³-hybridized carbons (Fsp3) is 0.278. The SMILES string of the molecule is COC(=O)C1CCc2cc(Oc3ccccc3)ccc2C1. The minimum absolute atomic E-state index is 0.0107. The summed E-state index contributed by atoms with van der Waals surface area (Å²) in [6.45, 7) is 0. The Kier molecular flexibility index (Phi) is 3.91. The standard InChI is InChI=1S/C18H18O3/c1-20-18(19)15-8-7-14-12-17(10-9-13(14)11-15)21-16-5-3-2-4-6-16/h2-6,9-10,12,15H,7-8,11H2,1H3. The van der Waals surface area contributed by atoms with Gasteiger partial charge in [0.1, 0.15) is 11.5 Å². The highest BCUT2D eigenvalue weighted by Gasteiger charge is 2.25. The van der Waals surface area contributed by atoms with Gasteiger partial charge in [0.05, 0.1) is 13.0 Å². The molecule has 0 saturated carbocycles. The second kappa shape index (κ2) is 6.00. The Balaban J connectivity index is 1.76. The van der Waals surface area contributed by atoms with Crippen molar-refractivity contribution in [2.24, 2.45) is 5.92 Å². The molecule has 1 atom stereocenters. The van der Waals surface area contributed by atoms with Gasteiger partial charge in [-0.15, -0.1) is 0 Å². The van der Waals surface area contributed by atoms with Crippen molar-refractivity contribution in [2.45, 2.75) is 19.3 Å². The first-order valence-electron chi connectivity index (χ1n) is 7.19. The first-order valence-corrected chi connectivity index (χ1v) is 7.19. The molecule has 0 spiro atoms. The van der Waals surface area contributed by atoms with Crippen LogP contribution in [-0.4, -0.2) is 13.1 Å². The molecule has 3 nitrogen and oxygen atoms in total. The van der Waals surface area contributed by atoms with Crippen LogP contribution in [0.25, 0.3) is 0 Å². The van der Waals surface area contributed by atoms with E-state index in [4.69, 9.17) is 9.47 Å². The number of para-hydroxylation sites is 1. The molecule has 3 rings (SSSR count). The molecule has 1 aliphatic rings. The smallest absolute Gasteiger partial charge is 0.309 e. The topological polar surface area (TPSA) is 35.5 Å². The molecule has 1 unspecified atom stereocenters. The van der Waals surface area contributed by atoms with Crippen molar-refractivity contribution >= 4 is 5.97 Å². The van der Waals surface area contributed by atoms with Crippen LogP contribution in [0.1, 0.15) is 17.5 Å². The van der Waals surface area contributed by atoms with E-state index in [2.05, 4.69) is 12.1 Å². The number of esters is 1. The number of hydrogen-bond donors (Lipinski definition) is 0. The summed E-state index contributed by atoms with van der Waals surface area (Å²) in [5.74, 6) is 1.56. The monoisotopic (exact) mass is 282 g/mol. The maximum atomic E-state index is 11.6. The Bertz CT molecular complexity index is 634. The van der Waals surface area contributed by atoms with Crippen molar-refractivity contribution in [2.75, 3.05) is 7.11 Å². The highest BCUT2D eigenvalue weighted by Crippen LogP contribution is 2.31. The summed E-state index contributed by atoms with van der Waals surface area (Å²) in [6.07, 6.45) is 2.49. The average molecular weight is 282 g/mol. The van der Waals surface area contributed by atoms with Crippen LogP contribution < -0.4 is 4.74 Å². The Morgan fingerprint density at radius 2 is 1.86 bits per heavy atom. The van der Waals surface area contributed by atoms with E-state index in [1.54, 1.807) is 0 Å². The highest BCUT2D eigenvalue weighted by molar-refractivity contribution is 5.73. The number of aryl methyl sites for hydroxylation is 1. The lowest BCUT2D eigenvalue weighted by Gasteiger charge is -2.23. The molecule has 0 aromatic heterocycles. The van der Waals surface area contributed by atoms with Crippen molar-refractivity contribution in [1.82, 2.24) is 0 Å². The quantitative estimate of drug-likeness (QED) is 0.804. The highest BCUT2D eigenvalue weighted by atomic mass is 16.5. The Morgan fingerprint density at radius 1 is 1.05 bits per heavy atom. The van der Waals surface area contributed by atoms with E-state index in [9.17, 15) is 4.79 Å². The van der Waals surface area contributed by atoms with Crippen LogP contribution in [0.15, 0.2) is 48.5 Å². The predicted molar refractivity (Wildman–Crippen MR) is 80.5 cm³/mol. The van der Waals surface area contributed by atoms with Gasteiger partial charge < -0.3 is 9.47 Å². The summed E-state index contributed by atoms with van der Waals surface area (Å²) in [5, 5.41) is 0. The summed E-state index contributed by atoms with van der Waals surface area (Å²) >= 11 is 0. The first kappa shape index (κ1) is 13.7. The van der Waals surface area contributed by atoms with E-state index in [1.165, 1.54) is 18.2 Å². The molecular formula is C18H18O3. The van der Waals surface area contributed by atoms with Crippen molar-refractivity contribution in [1.29, 1.82) is 0 Å². The van der Waals surface area contributed by atoms with E-state index in [0.717, 1.165) is 30.8 Å². The van der Waals surface area contributed by atoms with E-state index >= 15 is 0 Å². The Labute approximate surface area is 124 Å². The summed E-state index contributed by atoms with van der Waals surface area (Å²) in [6, 6.07) is 15.8. The molecule has 2 aromatic rings. The van der Waals surface area contributed by atoms with Crippen LogP contribution in [0.4, 0.5) is 0 Å². The third-order valence-electron chi connectivity index (χ3n) is 3.92. The van der Waals surface area contributed by atoms with Gasteiger partial charge in [-0.05, 0) is 54.7 Å². The van der Waals surface area contributed by atoms with E-state index in [1.807, 2.05) is 36.4 Å². The fourth-order valence-corrected chi connectivity index (χ4v) is 2.79. The van der Waals surface area contributed by atoms with E-state index in [-0.39, 0.29) is 11.9 Å². The molecule has 108 valence electrons. The van der Waals surface area contributed by atoms with Gasteiger partial charge in [0, 0.05) is 0 Å². The Morgan fingerprint density at radius 3 is 2.62 bits per heavy atom. The maximum absolute atomic E-state index is 11.6. The molecule has 0 N–H and O–H groups in total. The largest absolute Gasteiger partial charge is 0.469 e. The molecule has 0 saturated heterocycles. The predicted octanol–water partition coefficient (Wildman–Crippen LogP) is 3.76. The Hall–Kier alpha value is -2.29. The zero-order valence-electron chi connectivity index (χ0n) is 12.0. The van der Waals surface area contributed by atoms with Gasteiger partial charge in [-0.25, -0.2) is 0 Å². The minimum atomic E-state index is -0.106. The van der Waals surface area contributed by atoms with Gasteiger partial charge in [-0.2, -0.15) is 0 Å². The van der Waals surface area contributed by atoms with Gasteiger partial charge >= 0.3 is 5.97 Å².